The van der Waals surface area contributed by atoms with Crippen LogP contribution in [0.1, 0.15) is 19.8 Å². The van der Waals surface area contributed by atoms with Crippen molar-refractivity contribution in [2.75, 3.05) is 18.6 Å². The lowest BCUT2D eigenvalue weighted by Gasteiger charge is -2.44. The predicted molar refractivity (Wildman–Crippen MR) is 107 cm³/mol. The summed E-state index contributed by atoms with van der Waals surface area (Å²) in [5.74, 6) is -0.573. The van der Waals surface area contributed by atoms with E-state index < -0.39 is 66.5 Å². The van der Waals surface area contributed by atoms with E-state index in [0.717, 1.165) is 23.5 Å². The number of thioether (sulfide) groups is 2. The van der Waals surface area contributed by atoms with Gasteiger partial charge in [0, 0.05) is 17.5 Å². The molecule has 2 heterocycles. The Hall–Kier alpha value is -0.280. The van der Waals surface area contributed by atoms with Crippen molar-refractivity contribution in [1.29, 1.82) is 0 Å². The molecule has 0 aromatic heterocycles. The Bertz CT molecular complexity index is 572. The quantitative estimate of drug-likeness (QED) is 0.272. The monoisotopic (exact) mass is 478 g/mol. The first-order valence-electron chi connectivity index (χ1n) is 9.57. The van der Waals surface area contributed by atoms with Crippen LogP contribution in [0.25, 0.3) is 0 Å². The molecule has 6 N–H and O–H groups in total. The van der Waals surface area contributed by atoms with Gasteiger partial charge in [0.2, 0.25) is 5.91 Å². The molecule has 30 heavy (non-hydrogen) atoms. The molecule has 8 nitrogen and oxygen atoms in total. The van der Waals surface area contributed by atoms with Gasteiger partial charge in [-0.25, -0.2) is 0 Å². The number of carbonyl (C=O) groups excluding carboxylic acids is 1. The van der Waals surface area contributed by atoms with Gasteiger partial charge < -0.3 is 35.8 Å². The fourth-order valence-corrected chi connectivity index (χ4v) is 5.38. The number of aliphatic hydroxyl groups excluding tert-OH is 4. The summed E-state index contributed by atoms with van der Waals surface area (Å²) >= 11 is 2.26. The number of nitrogens with one attached hydrogen (secondary N) is 2. The van der Waals surface area contributed by atoms with E-state index in [1.165, 1.54) is 6.92 Å². The van der Waals surface area contributed by atoms with Crippen LogP contribution in [0.15, 0.2) is 0 Å². The second kappa shape index (κ2) is 11.0. The minimum absolute atomic E-state index is 0.0844. The summed E-state index contributed by atoms with van der Waals surface area (Å²) in [4.78, 5) is 12.7. The molecule has 176 valence electrons. The molecule has 0 bridgehead atoms. The minimum atomic E-state index is -4.21. The second-order valence-electron chi connectivity index (χ2n) is 7.51. The lowest BCUT2D eigenvalue weighted by molar-refractivity contribution is -0.211. The Morgan fingerprint density at radius 3 is 2.50 bits per heavy atom. The number of hydrogen-bond donors (Lipinski definition) is 6. The normalized spacial score (nSPS) is 37.0. The zero-order valence-corrected chi connectivity index (χ0v) is 18.2. The van der Waals surface area contributed by atoms with Crippen LogP contribution >= 0.6 is 23.5 Å². The SMILES string of the molecule is CSC1OC(C(NC(=O)C2CC(SCCC(F)(F)F)CN2)C(C)O)C(O)C(O)C1O. The van der Waals surface area contributed by atoms with E-state index in [2.05, 4.69) is 10.6 Å². The smallest absolute Gasteiger partial charge is 0.389 e. The van der Waals surface area contributed by atoms with Crippen molar-refractivity contribution in [3.8, 4) is 0 Å². The standard InChI is InChI=1S/C17H29F3N2O6S2/c1-7(23)10(14-12(25)11(24)13(26)16(28-14)29-2)22-15(27)9-5-8(6-21-9)30-4-3-17(18,19)20/h7-14,16,21,23-26H,3-6H2,1-2H3,(H,22,27). The van der Waals surface area contributed by atoms with Gasteiger partial charge >= 0.3 is 6.18 Å². The molecular formula is C17H29F3N2O6S2. The van der Waals surface area contributed by atoms with Gasteiger partial charge in [-0.1, -0.05) is 0 Å². The number of halogens is 3. The molecule has 2 aliphatic heterocycles. The van der Waals surface area contributed by atoms with Crippen LogP contribution in [0.2, 0.25) is 0 Å². The molecule has 0 aromatic carbocycles. The summed E-state index contributed by atoms with van der Waals surface area (Å²) < 4.78 is 42.5. The zero-order valence-electron chi connectivity index (χ0n) is 16.6. The number of carbonyl (C=O) groups is 1. The van der Waals surface area contributed by atoms with Crippen molar-refractivity contribution >= 4 is 29.4 Å². The molecule has 9 unspecified atom stereocenters. The number of hydrogen-bond acceptors (Lipinski definition) is 9. The van der Waals surface area contributed by atoms with E-state index in [4.69, 9.17) is 4.74 Å². The third kappa shape index (κ3) is 6.86. The first-order valence-corrected chi connectivity index (χ1v) is 11.9. The number of alkyl halides is 3. The topological polar surface area (TPSA) is 131 Å². The van der Waals surface area contributed by atoms with Crippen LogP contribution in [0.5, 0.6) is 0 Å². The Morgan fingerprint density at radius 1 is 1.27 bits per heavy atom. The predicted octanol–water partition coefficient (Wildman–Crippen LogP) is -0.561. The number of ether oxygens (including phenoxy) is 1. The van der Waals surface area contributed by atoms with Crippen LogP contribution in [0.4, 0.5) is 13.2 Å². The molecule has 13 heteroatoms. The van der Waals surface area contributed by atoms with Crippen LogP contribution in [-0.2, 0) is 9.53 Å². The minimum Gasteiger partial charge on any atom is -0.391 e. The first kappa shape index (κ1) is 26.0. The van der Waals surface area contributed by atoms with Crippen molar-refractivity contribution in [2.24, 2.45) is 0 Å². The Morgan fingerprint density at radius 2 is 1.93 bits per heavy atom. The van der Waals surface area contributed by atoms with Gasteiger partial charge in [-0.05, 0) is 19.6 Å². The van der Waals surface area contributed by atoms with Crippen molar-refractivity contribution in [3.05, 3.63) is 0 Å². The van der Waals surface area contributed by atoms with Crippen LogP contribution in [0.3, 0.4) is 0 Å². The average Bonchev–Trinajstić information content (AvgIpc) is 3.12. The Balaban J connectivity index is 1.94. The van der Waals surface area contributed by atoms with Crippen LogP contribution < -0.4 is 10.6 Å². The second-order valence-corrected chi connectivity index (χ2v) is 9.85. The Kier molecular flexibility index (Phi) is 9.55. The van der Waals surface area contributed by atoms with E-state index in [9.17, 15) is 38.4 Å². The number of rotatable bonds is 8. The van der Waals surface area contributed by atoms with E-state index in [0.29, 0.717) is 13.0 Å². The Labute approximate surface area is 181 Å². The van der Waals surface area contributed by atoms with Gasteiger partial charge in [0.1, 0.15) is 29.9 Å². The fraction of sp³-hybridized carbons (Fsp3) is 0.941. The molecule has 2 fully saturated rings. The average molecular weight is 479 g/mol. The molecule has 9 atom stereocenters. The molecule has 2 aliphatic rings. The molecule has 0 aliphatic carbocycles. The number of amides is 1. The van der Waals surface area contributed by atoms with Gasteiger partial charge in [0.15, 0.2) is 0 Å². The first-order chi connectivity index (χ1) is 13.9. The van der Waals surface area contributed by atoms with Crippen molar-refractivity contribution in [3.63, 3.8) is 0 Å². The summed E-state index contributed by atoms with van der Waals surface area (Å²) in [5.41, 5.74) is -0.856. The zero-order chi connectivity index (χ0) is 22.6. The summed E-state index contributed by atoms with van der Waals surface area (Å²) in [6, 6.07) is -1.73. The molecule has 2 rings (SSSR count). The molecule has 2 saturated heterocycles. The molecule has 0 saturated carbocycles. The maximum atomic E-state index is 12.7. The summed E-state index contributed by atoms with van der Waals surface area (Å²) in [6.07, 6.45) is -9.83. The highest BCUT2D eigenvalue weighted by Crippen LogP contribution is 2.30. The van der Waals surface area contributed by atoms with Crippen LogP contribution in [-0.4, -0.2) is 104 Å². The van der Waals surface area contributed by atoms with E-state index in [-0.39, 0.29) is 11.0 Å². The van der Waals surface area contributed by atoms with Crippen LogP contribution in [0, 0.1) is 0 Å². The number of aliphatic hydroxyl groups is 4. The van der Waals surface area contributed by atoms with E-state index >= 15 is 0 Å². The van der Waals surface area contributed by atoms with Gasteiger partial charge in [0.05, 0.1) is 24.6 Å². The summed E-state index contributed by atoms with van der Waals surface area (Å²) in [7, 11) is 0. The van der Waals surface area contributed by atoms with Gasteiger partial charge in [-0.2, -0.15) is 24.9 Å². The lowest BCUT2D eigenvalue weighted by atomic mass is 9.92. The maximum absolute atomic E-state index is 12.7. The largest absolute Gasteiger partial charge is 0.391 e. The van der Waals surface area contributed by atoms with Gasteiger partial charge in [-0.15, -0.1) is 11.8 Å². The fourth-order valence-electron chi connectivity index (χ4n) is 3.48. The highest BCUT2D eigenvalue weighted by molar-refractivity contribution is 8.00. The van der Waals surface area contributed by atoms with E-state index in [1.807, 2.05) is 0 Å². The van der Waals surface area contributed by atoms with Gasteiger partial charge in [-0.3, -0.25) is 4.79 Å². The van der Waals surface area contributed by atoms with Gasteiger partial charge in [0.25, 0.3) is 0 Å². The van der Waals surface area contributed by atoms with Crippen molar-refractivity contribution in [2.45, 2.75) is 79.2 Å². The third-order valence-electron chi connectivity index (χ3n) is 5.17. The lowest BCUT2D eigenvalue weighted by Crippen LogP contribution is -2.65. The molecular weight excluding hydrogens is 449 g/mol. The highest BCUT2D eigenvalue weighted by atomic mass is 32.2. The molecule has 0 radical (unpaired) electrons. The maximum Gasteiger partial charge on any atom is 0.389 e. The van der Waals surface area contributed by atoms with Crippen molar-refractivity contribution in [1.82, 2.24) is 10.6 Å². The molecule has 0 aromatic rings. The highest BCUT2D eigenvalue weighted by Gasteiger charge is 2.48. The summed E-state index contributed by atoms with van der Waals surface area (Å²) in [5, 5.41) is 45.9. The van der Waals surface area contributed by atoms with E-state index in [1.54, 1.807) is 6.26 Å². The third-order valence-corrected chi connectivity index (χ3v) is 7.29. The summed E-state index contributed by atoms with van der Waals surface area (Å²) in [6.45, 7) is 1.77. The molecule has 1 amide bonds. The molecule has 0 spiro atoms. The van der Waals surface area contributed by atoms with Crippen molar-refractivity contribution < 1.29 is 43.1 Å².